The minimum atomic E-state index is -3.81. The lowest BCUT2D eigenvalue weighted by Gasteiger charge is -2.21. The van der Waals surface area contributed by atoms with Gasteiger partial charge < -0.3 is 14.6 Å². The molecule has 1 aromatic heterocycles. The summed E-state index contributed by atoms with van der Waals surface area (Å²) in [6, 6.07) is 18.2. The van der Waals surface area contributed by atoms with E-state index in [-0.39, 0.29) is 23.5 Å². The summed E-state index contributed by atoms with van der Waals surface area (Å²) in [5, 5.41) is 18.4. The molecule has 0 fully saturated rings. The Morgan fingerprint density at radius 1 is 0.885 bits per heavy atom. The number of aliphatic hydroxyl groups excluding tert-OH is 1. The quantitative estimate of drug-likeness (QED) is 0.621. The summed E-state index contributed by atoms with van der Waals surface area (Å²) in [5.74, 6) is 0.534. The van der Waals surface area contributed by atoms with Crippen LogP contribution in [0, 0.1) is 0 Å². The second-order valence-electron chi connectivity index (χ2n) is 5.78. The van der Waals surface area contributed by atoms with Crippen LogP contribution >= 0.6 is 0 Å². The van der Waals surface area contributed by atoms with Gasteiger partial charge in [0.25, 0.3) is 0 Å². The van der Waals surface area contributed by atoms with Gasteiger partial charge in [0.2, 0.25) is 10.0 Å². The van der Waals surface area contributed by atoms with Gasteiger partial charge in [-0.25, -0.2) is 8.42 Å². The van der Waals surface area contributed by atoms with Gasteiger partial charge in [0, 0.05) is 12.1 Å². The molecule has 0 unspecified atom stereocenters. The minimum absolute atomic E-state index is 0.0735. The summed E-state index contributed by atoms with van der Waals surface area (Å²) in [4.78, 5) is 0.0735. The van der Waals surface area contributed by atoms with Gasteiger partial charge in [-0.1, -0.05) is 42.5 Å². The molecular weight excluding hydrogens is 354 g/mol. The summed E-state index contributed by atoms with van der Waals surface area (Å²) in [5.41, 5.74) is 1.08. The molecule has 0 aliphatic heterocycles. The molecule has 0 aliphatic rings. The number of hydrogen-bond acceptors (Lipinski definition) is 5. The first-order valence-corrected chi connectivity index (χ1v) is 9.43. The van der Waals surface area contributed by atoms with Crippen molar-refractivity contribution in [3.8, 4) is 0 Å². The first-order chi connectivity index (χ1) is 12.5. The third-order valence-corrected chi connectivity index (χ3v) is 5.74. The van der Waals surface area contributed by atoms with Crippen molar-refractivity contribution in [2.24, 2.45) is 0 Å². The number of rotatable bonds is 7. The van der Waals surface area contributed by atoms with Crippen molar-refractivity contribution < 1.29 is 23.0 Å². The van der Waals surface area contributed by atoms with Gasteiger partial charge in [0.15, 0.2) is 6.29 Å². The molecule has 136 valence electrons. The van der Waals surface area contributed by atoms with Gasteiger partial charge >= 0.3 is 0 Å². The van der Waals surface area contributed by atoms with Gasteiger partial charge in [-0.2, -0.15) is 4.31 Å². The van der Waals surface area contributed by atoms with E-state index in [1.807, 2.05) is 30.3 Å². The number of benzene rings is 2. The zero-order valence-corrected chi connectivity index (χ0v) is 14.7. The van der Waals surface area contributed by atoms with Crippen LogP contribution in [0.1, 0.15) is 23.2 Å². The zero-order valence-electron chi connectivity index (χ0n) is 13.9. The van der Waals surface area contributed by atoms with Crippen molar-refractivity contribution in [2.75, 3.05) is 0 Å². The number of aliphatic hydroxyl groups is 2. The van der Waals surface area contributed by atoms with Crippen LogP contribution in [0.4, 0.5) is 0 Å². The summed E-state index contributed by atoms with van der Waals surface area (Å²) >= 11 is 0. The van der Waals surface area contributed by atoms with Crippen molar-refractivity contribution in [3.63, 3.8) is 0 Å². The Kier molecular flexibility index (Phi) is 5.53. The molecule has 0 radical (unpaired) electrons. The van der Waals surface area contributed by atoms with E-state index in [9.17, 15) is 18.6 Å². The molecule has 2 aromatic carbocycles. The van der Waals surface area contributed by atoms with E-state index < -0.39 is 16.3 Å². The normalized spacial score (nSPS) is 12.0. The fraction of sp³-hybridized carbons (Fsp3) is 0.158. The third-order valence-electron chi connectivity index (χ3n) is 3.93. The fourth-order valence-corrected chi connectivity index (χ4v) is 3.94. The maximum Gasteiger partial charge on any atom is 0.243 e. The van der Waals surface area contributed by atoms with E-state index >= 15 is 0 Å². The summed E-state index contributed by atoms with van der Waals surface area (Å²) in [7, 11) is -3.81. The third kappa shape index (κ3) is 4.20. The van der Waals surface area contributed by atoms with Crippen molar-refractivity contribution in [1.82, 2.24) is 4.31 Å². The van der Waals surface area contributed by atoms with Crippen LogP contribution in [0.2, 0.25) is 0 Å². The molecule has 1 heterocycles. The molecule has 0 saturated carbocycles. The monoisotopic (exact) mass is 373 g/mol. The molecule has 0 bridgehead atoms. The van der Waals surface area contributed by atoms with E-state index in [1.165, 1.54) is 34.8 Å². The SMILES string of the molecule is O=S(=O)(c1ccc(C(O)O)cc1)N(Cc1ccccc1)Cc1ccco1. The number of furan rings is 1. The first-order valence-electron chi connectivity index (χ1n) is 7.99. The highest BCUT2D eigenvalue weighted by molar-refractivity contribution is 7.89. The Morgan fingerprint density at radius 2 is 1.58 bits per heavy atom. The Hall–Kier alpha value is -2.45. The predicted octanol–water partition coefficient (Wildman–Crippen LogP) is 2.65. The van der Waals surface area contributed by atoms with E-state index in [2.05, 4.69) is 0 Å². The Labute approximate surface area is 152 Å². The van der Waals surface area contributed by atoms with Crippen LogP contribution in [-0.4, -0.2) is 22.9 Å². The first kappa shape index (κ1) is 18.3. The van der Waals surface area contributed by atoms with Crippen LogP contribution in [0.25, 0.3) is 0 Å². The highest BCUT2D eigenvalue weighted by Crippen LogP contribution is 2.23. The smallest absolute Gasteiger partial charge is 0.243 e. The average molecular weight is 373 g/mol. The maximum atomic E-state index is 13.1. The fourth-order valence-electron chi connectivity index (χ4n) is 2.55. The second-order valence-corrected chi connectivity index (χ2v) is 7.72. The molecular formula is C19H19NO5S. The Morgan fingerprint density at radius 3 is 2.15 bits per heavy atom. The van der Waals surface area contributed by atoms with Gasteiger partial charge in [-0.3, -0.25) is 0 Å². The number of hydrogen-bond donors (Lipinski definition) is 2. The van der Waals surface area contributed by atoms with E-state index in [0.29, 0.717) is 5.76 Å². The van der Waals surface area contributed by atoms with Gasteiger partial charge in [-0.05, 0) is 29.8 Å². The van der Waals surface area contributed by atoms with Gasteiger partial charge in [0.05, 0.1) is 17.7 Å². The molecule has 0 atom stereocenters. The molecule has 3 aromatic rings. The van der Waals surface area contributed by atoms with Crippen LogP contribution in [0.15, 0.2) is 82.3 Å². The molecule has 0 amide bonds. The lowest BCUT2D eigenvalue weighted by molar-refractivity contribution is -0.0425. The maximum absolute atomic E-state index is 13.1. The largest absolute Gasteiger partial charge is 0.468 e. The lowest BCUT2D eigenvalue weighted by Crippen LogP contribution is -2.30. The molecule has 6 nitrogen and oxygen atoms in total. The standard InChI is InChI=1S/C19H19NO5S/c21-19(22)16-8-10-18(11-9-16)26(23,24)20(14-17-7-4-12-25-17)13-15-5-2-1-3-6-15/h1-12,19,21-22H,13-14H2. The van der Waals surface area contributed by atoms with Crippen molar-refractivity contribution in [1.29, 1.82) is 0 Å². The molecule has 0 saturated heterocycles. The Balaban J connectivity index is 1.93. The summed E-state index contributed by atoms with van der Waals surface area (Å²) in [6.07, 6.45) is -0.143. The van der Waals surface area contributed by atoms with E-state index in [0.717, 1.165) is 5.56 Å². The molecule has 0 aliphatic carbocycles. The summed E-state index contributed by atoms with van der Waals surface area (Å²) < 4.78 is 32.8. The van der Waals surface area contributed by atoms with Gasteiger partial charge in [-0.15, -0.1) is 0 Å². The van der Waals surface area contributed by atoms with Crippen LogP contribution in [0.5, 0.6) is 0 Å². The lowest BCUT2D eigenvalue weighted by atomic mass is 10.2. The molecule has 3 rings (SSSR count). The second kappa shape index (κ2) is 7.84. The van der Waals surface area contributed by atoms with Gasteiger partial charge in [0.1, 0.15) is 5.76 Å². The van der Waals surface area contributed by atoms with Crippen LogP contribution in [0.3, 0.4) is 0 Å². The highest BCUT2D eigenvalue weighted by atomic mass is 32.2. The minimum Gasteiger partial charge on any atom is -0.468 e. The highest BCUT2D eigenvalue weighted by Gasteiger charge is 2.26. The average Bonchev–Trinajstić information content (AvgIpc) is 3.15. The number of sulfonamides is 1. The Bertz CT molecular complexity index is 920. The molecule has 2 N–H and O–H groups in total. The van der Waals surface area contributed by atoms with Crippen LogP contribution < -0.4 is 0 Å². The van der Waals surface area contributed by atoms with E-state index in [4.69, 9.17) is 4.42 Å². The predicted molar refractivity (Wildman–Crippen MR) is 95.2 cm³/mol. The molecule has 26 heavy (non-hydrogen) atoms. The molecule has 7 heteroatoms. The van der Waals surface area contributed by atoms with Crippen molar-refractivity contribution in [3.05, 3.63) is 89.9 Å². The van der Waals surface area contributed by atoms with Crippen LogP contribution in [-0.2, 0) is 23.1 Å². The molecule has 0 spiro atoms. The van der Waals surface area contributed by atoms with E-state index in [1.54, 1.807) is 12.1 Å². The summed E-state index contributed by atoms with van der Waals surface area (Å²) in [6.45, 7) is 0.281. The zero-order chi connectivity index (χ0) is 18.6. The number of nitrogens with zero attached hydrogens (tertiary/aromatic N) is 1. The topological polar surface area (TPSA) is 91.0 Å². The van der Waals surface area contributed by atoms with Crippen molar-refractivity contribution in [2.45, 2.75) is 24.3 Å². The van der Waals surface area contributed by atoms with Crippen molar-refractivity contribution >= 4 is 10.0 Å².